The van der Waals surface area contributed by atoms with Crippen molar-refractivity contribution in [3.05, 3.63) is 24.1 Å². The highest BCUT2D eigenvalue weighted by molar-refractivity contribution is 5.75. The molecule has 0 radical (unpaired) electrons. The molecule has 2 saturated heterocycles. The van der Waals surface area contributed by atoms with E-state index in [-0.39, 0.29) is 12.1 Å². The van der Waals surface area contributed by atoms with Crippen LogP contribution >= 0.6 is 0 Å². The van der Waals surface area contributed by atoms with E-state index in [1.165, 1.54) is 19.3 Å². The molecule has 3 fully saturated rings. The first-order valence-corrected chi connectivity index (χ1v) is 9.22. The Balaban J connectivity index is 1.19. The van der Waals surface area contributed by atoms with Crippen LogP contribution < -0.4 is 0 Å². The highest BCUT2D eigenvalue weighted by Gasteiger charge is 2.37. The molecule has 1 aliphatic carbocycles. The number of allylic oxidation sites excluding steroid dienone is 1. The van der Waals surface area contributed by atoms with E-state index in [0.29, 0.717) is 13.1 Å². The Bertz CT molecular complexity index is 529. The summed E-state index contributed by atoms with van der Waals surface area (Å²) < 4.78 is 5.95. The van der Waals surface area contributed by atoms with Gasteiger partial charge in [-0.15, -0.1) is 0 Å². The maximum Gasteiger partial charge on any atom is 0.320 e. The van der Waals surface area contributed by atoms with Crippen molar-refractivity contribution in [3.63, 3.8) is 0 Å². The maximum atomic E-state index is 12.6. The summed E-state index contributed by atoms with van der Waals surface area (Å²) in [6.45, 7) is 6.15. The number of carbonyl (C=O) groups is 1. The average Bonchev–Trinajstić information content (AvgIpc) is 2.49. The summed E-state index contributed by atoms with van der Waals surface area (Å²) in [5.74, 6) is 0.898. The largest absolute Gasteiger partial charge is 0.485 e. The lowest BCUT2D eigenvalue weighted by molar-refractivity contribution is -0.0117. The zero-order valence-electron chi connectivity index (χ0n) is 14.6. The van der Waals surface area contributed by atoms with Gasteiger partial charge in [-0.2, -0.15) is 0 Å². The Hall–Kier alpha value is -1.69. The van der Waals surface area contributed by atoms with Crippen LogP contribution in [0.5, 0.6) is 0 Å². The quantitative estimate of drug-likeness (QED) is 0.781. The van der Waals surface area contributed by atoms with Gasteiger partial charge in [0.2, 0.25) is 0 Å². The van der Waals surface area contributed by atoms with E-state index in [1.807, 2.05) is 29.1 Å². The van der Waals surface area contributed by atoms with Crippen molar-refractivity contribution < 1.29 is 9.53 Å². The lowest BCUT2D eigenvalue weighted by atomic mass is 9.91. The fourth-order valence-corrected chi connectivity index (χ4v) is 3.81. The van der Waals surface area contributed by atoms with Crippen molar-refractivity contribution in [2.75, 3.05) is 52.9 Å². The van der Waals surface area contributed by atoms with Crippen LogP contribution in [0.15, 0.2) is 24.1 Å². The van der Waals surface area contributed by atoms with Gasteiger partial charge in [-0.05, 0) is 18.9 Å². The lowest BCUT2D eigenvalue weighted by Gasteiger charge is -2.46. The van der Waals surface area contributed by atoms with Crippen molar-refractivity contribution in [3.8, 4) is 0 Å². The minimum absolute atomic E-state index is 0.132. The predicted molar refractivity (Wildman–Crippen MR) is 92.5 cm³/mol. The molecular weight excluding hydrogens is 304 g/mol. The van der Waals surface area contributed by atoms with Crippen molar-refractivity contribution in [1.82, 2.24) is 19.6 Å². The van der Waals surface area contributed by atoms with Gasteiger partial charge in [0.1, 0.15) is 11.9 Å². The molecule has 24 heavy (non-hydrogen) atoms. The van der Waals surface area contributed by atoms with Crippen LogP contribution in [0.2, 0.25) is 0 Å². The predicted octanol–water partition coefficient (Wildman–Crippen LogP) is 1.32. The number of urea groups is 1. The van der Waals surface area contributed by atoms with Gasteiger partial charge in [0.05, 0.1) is 13.1 Å². The van der Waals surface area contributed by atoms with E-state index in [2.05, 4.69) is 15.9 Å². The van der Waals surface area contributed by atoms with Gasteiger partial charge in [0.25, 0.3) is 0 Å². The molecular formula is C18H28N4O2. The monoisotopic (exact) mass is 332 g/mol. The highest BCUT2D eigenvalue weighted by Crippen LogP contribution is 2.26. The van der Waals surface area contributed by atoms with Crippen LogP contribution in [-0.2, 0) is 4.74 Å². The van der Waals surface area contributed by atoms with Crippen LogP contribution in [-0.4, -0.2) is 90.6 Å². The number of ether oxygens (including phenoxy) is 1. The van der Waals surface area contributed by atoms with Crippen LogP contribution in [0.4, 0.5) is 4.79 Å². The molecule has 0 N–H and O–H groups in total. The number of rotatable bonds is 3. The molecule has 3 aliphatic heterocycles. The summed E-state index contributed by atoms with van der Waals surface area (Å²) in [6, 6.07) is 0.979. The number of carbonyl (C=O) groups excluding carboxylic acids is 1. The van der Waals surface area contributed by atoms with E-state index in [4.69, 9.17) is 4.74 Å². The molecule has 0 spiro atoms. The Morgan fingerprint density at radius 3 is 2.50 bits per heavy atom. The molecule has 4 aliphatic rings. The van der Waals surface area contributed by atoms with E-state index >= 15 is 0 Å². The Labute approximate surface area is 144 Å². The fraction of sp³-hybridized carbons (Fsp3) is 0.722. The van der Waals surface area contributed by atoms with Gasteiger partial charge in [-0.25, -0.2) is 4.79 Å². The first-order valence-electron chi connectivity index (χ1n) is 9.22. The summed E-state index contributed by atoms with van der Waals surface area (Å²) in [5, 5.41) is 0. The summed E-state index contributed by atoms with van der Waals surface area (Å²) in [5.41, 5.74) is 0. The van der Waals surface area contributed by atoms with Crippen LogP contribution in [0, 0.1) is 0 Å². The minimum atomic E-state index is 0.132. The van der Waals surface area contributed by atoms with Gasteiger partial charge in [0.15, 0.2) is 0 Å². The molecule has 132 valence electrons. The van der Waals surface area contributed by atoms with Crippen LogP contribution in [0.1, 0.15) is 19.3 Å². The zero-order valence-corrected chi connectivity index (χ0v) is 14.6. The number of nitrogens with zero attached hydrogens (tertiary/aromatic N) is 4. The highest BCUT2D eigenvalue weighted by atomic mass is 16.5. The molecule has 0 aromatic carbocycles. The average molecular weight is 332 g/mol. The van der Waals surface area contributed by atoms with Crippen molar-refractivity contribution in [2.24, 2.45) is 0 Å². The van der Waals surface area contributed by atoms with Crippen LogP contribution in [0.3, 0.4) is 0 Å². The molecule has 4 rings (SSSR count). The second-order valence-corrected chi connectivity index (χ2v) is 7.41. The molecule has 1 saturated carbocycles. The standard InChI is InChI=1S/C18H28N4O2/c1-19-7-3-6-16(12-19)24-17-13-22(14-17)18(23)21-10-8-20(9-11-21)15-4-2-5-15/h3,6,12,15,17H,2,4-5,7-11,13-14H2,1H3. The van der Waals surface area contributed by atoms with Gasteiger partial charge in [-0.3, -0.25) is 4.90 Å². The lowest BCUT2D eigenvalue weighted by Crippen LogP contribution is -2.61. The second-order valence-electron chi connectivity index (χ2n) is 7.41. The third-order valence-corrected chi connectivity index (χ3v) is 5.62. The van der Waals surface area contributed by atoms with Gasteiger partial charge >= 0.3 is 6.03 Å². The molecule has 0 aromatic rings. The summed E-state index contributed by atoms with van der Waals surface area (Å²) in [4.78, 5) is 21.2. The summed E-state index contributed by atoms with van der Waals surface area (Å²) in [7, 11) is 2.03. The van der Waals surface area contributed by atoms with Crippen LogP contribution in [0.25, 0.3) is 0 Å². The normalized spacial score (nSPS) is 26.0. The number of likely N-dealkylation sites (tertiary alicyclic amines) is 1. The van der Waals surface area contributed by atoms with E-state index in [1.54, 1.807) is 0 Å². The zero-order chi connectivity index (χ0) is 16.5. The van der Waals surface area contributed by atoms with E-state index < -0.39 is 0 Å². The number of hydrogen-bond donors (Lipinski definition) is 0. The molecule has 3 heterocycles. The Kier molecular flexibility index (Phi) is 4.39. The summed E-state index contributed by atoms with van der Waals surface area (Å²) in [6.07, 6.45) is 10.3. The molecule has 6 nitrogen and oxygen atoms in total. The van der Waals surface area contributed by atoms with Crippen molar-refractivity contribution in [1.29, 1.82) is 0 Å². The maximum absolute atomic E-state index is 12.6. The second kappa shape index (κ2) is 6.67. The minimum Gasteiger partial charge on any atom is -0.485 e. The third kappa shape index (κ3) is 3.24. The first kappa shape index (κ1) is 15.8. The van der Waals surface area contributed by atoms with E-state index in [0.717, 1.165) is 44.5 Å². The molecule has 0 atom stereocenters. The van der Waals surface area contributed by atoms with Crippen molar-refractivity contribution >= 4 is 6.03 Å². The van der Waals surface area contributed by atoms with Gasteiger partial charge in [-0.1, -0.05) is 12.5 Å². The van der Waals surface area contributed by atoms with Crippen molar-refractivity contribution in [2.45, 2.75) is 31.4 Å². The number of hydrogen-bond acceptors (Lipinski definition) is 4. The Morgan fingerprint density at radius 1 is 1.12 bits per heavy atom. The third-order valence-electron chi connectivity index (χ3n) is 5.62. The Morgan fingerprint density at radius 2 is 1.88 bits per heavy atom. The number of amides is 2. The molecule has 0 unspecified atom stereocenters. The molecule has 0 bridgehead atoms. The number of likely N-dealkylation sites (N-methyl/N-ethyl adjacent to an activating group) is 1. The molecule has 6 heteroatoms. The van der Waals surface area contributed by atoms with Gasteiger partial charge < -0.3 is 19.4 Å². The molecule has 2 amide bonds. The summed E-state index contributed by atoms with van der Waals surface area (Å²) >= 11 is 0. The topological polar surface area (TPSA) is 39.3 Å². The van der Waals surface area contributed by atoms with E-state index in [9.17, 15) is 4.79 Å². The molecule has 0 aromatic heterocycles. The first-order chi connectivity index (χ1) is 11.7. The number of piperazine rings is 1. The smallest absolute Gasteiger partial charge is 0.320 e. The SMILES string of the molecule is CN1C=C(OC2CN(C(=O)N3CCN(C4CCC4)CC3)C2)C=CC1. The fourth-order valence-electron chi connectivity index (χ4n) is 3.81. The van der Waals surface area contributed by atoms with Gasteiger partial charge in [0, 0.05) is 52.0 Å².